The Morgan fingerprint density at radius 1 is 0.852 bits per heavy atom. The second kappa shape index (κ2) is 20.4. The Balaban J connectivity index is 1.69. The lowest BCUT2D eigenvalue weighted by Crippen LogP contribution is -2.30. The van der Waals surface area contributed by atoms with Gasteiger partial charge in [-0.1, -0.05) is 82.3 Å². The third-order valence-electron chi connectivity index (χ3n) is 9.62. The van der Waals surface area contributed by atoms with E-state index in [1.807, 2.05) is 30.3 Å². The lowest BCUT2D eigenvalue weighted by molar-refractivity contribution is -0.147. The minimum atomic E-state index is -1.48. The largest absolute Gasteiger partial charge is 0.490 e. The number of hydrogen-bond donors (Lipinski definition) is 1. The zero-order chi connectivity index (χ0) is 40.0. The van der Waals surface area contributed by atoms with E-state index in [1.54, 1.807) is 37.3 Å². The molecule has 0 saturated carbocycles. The molecule has 0 fully saturated rings. The van der Waals surface area contributed by atoms with Crippen LogP contribution in [0.5, 0.6) is 11.5 Å². The molecule has 0 spiro atoms. The number of carbonyl (C=O) groups excluding carboxylic acids is 4. The SMILES string of the molecule is C=C(C)C(=O)OCCc1ccc(OC(=O)CCC(=O)OCCOc2ccc(C(=O)C(C)(C)O)cc2)c(C(C)C(CC(C)=c2ccccc2=C)C(C)CC)c1. The van der Waals surface area contributed by atoms with E-state index in [0.717, 1.165) is 34.4 Å². The number of carbonyl (C=O) groups is 4. The van der Waals surface area contributed by atoms with Gasteiger partial charge in [-0.2, -0.15) is 0 Å². The summed E-state index contributed by atoms with van der Waals surface area (Å²) < 4.78 is 22.1. The van der Waals surface area contributed by atoms with Crippen molar-refractivity contribution in [1.29, 1.82) is 0 Å². The molecule has 0 amide bonds. The van der Waals surface area contributed by atoms with E-state index in [0.29, 0.717) is 35.0 Å². The van der Waals surface area contributed by atoms with Crippen LogP contribution in [0.4, 0.5) is 0 Å². The molecule has 0 heterocycles. The summed E-state index contributed by atoms with van der Waals surface area (Å²) in [4.78, 5) is 49.8. The third kappa shape index (κ3) is 13.1. The summed E-state index contributed by atoms with van der Waals surface area (Å²) >= 11 is 0. The standard InChI is InChI=1S/C45H56O9/c1-10-30(4)38(27-32(6)37-14-12-11-13-31(37)5)33(7)39-28-34(23-24-53-44(49)29(2)3)15-20-40(39)54-42(47)22-21-41(46)52-26-25-51-36-18-16-35(17-19-36)43(48)45(8,9)50/h11-20,28,30,33,38,50H,2,5,10,21-27H2,1,3-4,6-9H3. The molecule has 0 aromatic heterocycles. The Morgan fingerprint density at radius 3 is 2.15 bits per heavy atom. The zero-order valence-electron chi connectivity index (χ0n) is 32.9. The van der Waals surface area contributed by atoms with Gasteiger partial charge in [-0.3, -0.25) is 14.4 Å². The van der Waals surface area contributed by atoms with Crippen molar-refractivity contribution in [3.63, 3.8) is 0 Å². The van der Waals surface area contributed by atoms with Crippen LogP contribution in [0.3, 0.4) is 0 Å². The first kappa shape index (κ1) is 43.4. The summed E-state index contributed by atoms with van der Waals surface area (Å²) in [6.07, 6.45) is 1.91. The Kier molecular flexibility index (Phi) is 16.4. The molecule has 9 nitrogen and oxygen atoms in total. The predicted molar refractivity (Wildman–Crippen MR) is 211 cm³/mol. The number of Topliss-reactive ketones (excluding diaryl/α,β-unsaturated/α-hetero) is 1. The molecule has 3 atom stereocenters. The fourth-order valence-corrected chi connectivity index (χ4v) is 6.21. The third-order valence-corrected chi connectivity index (χ3v) is 9.62. The number of aliphatic hydroxyl groups is 1. The van der Waals surface area contributed by atoms with Gasteiger partial charge in [0.2, 0.25) is 0 Å². The molecule has 0 bridgehead atoms. The van der Waals surface area contributed by atoms with Crippen molar-refractivity contribution in [2.45, 2.75) is 92.1 Å². The Morgan fingerprint density at radius 2 is 1.52 bits per heavy atom. The van der Waals surface area contributed by atoms with E-state index in [2.05, 4.69) is 46.9 Å². The van der Waals surface area contributed by atoms with Crippen LogP contribution >= 0.6 is 0 Å². The van der Waals surface area contributed by atoms with Gasteiger partial charge in [0.1, 0.15) is 30.3 Å². The van der Waals surface area contributed by atoms with Crippen LogP contribution in [0.15, 0.2) is 78.9 Å². The molecule has 1 N–H and O–H groups in total. The van der Waals surface area contributed by atoms with E-state index in [9.17, 15) is 24.3 Å². The van der Waals surface area contributed by atoms with E-state index in [1.165, 1.54) is 19.4 Å². The van der Waals surface area contributed by atoms with Crippen LogP contribution < -0.4 is 19.9 Å². The second-order valence-electron chi connectivity index (χ2n) is 14.5. The molecule has 3 aromatic carbocycles. The summed E-state index contributed by atoms with van der Waals surface area (Å²) in [7, 11) is 0. The molecule has 0 saturated heterocycles. The molecule has 0 aliphatic rings. The first-order chi connectivity index (χ1) is 25.5. The van der Waals surface area contributed by atoms with Crippen LogP contribution in [0, 0.1) is 11.8 Å². The highest BCUT2D eigenvalue weighted by Crippen LogP contribution is 2.40. The van der Waals surface area contributed by atoms with Crippen molar-refractivity contribution in [3.8, 4) is 11.5 Å². The van der Waals surface area contributed by atoms with Crippen LogP contribution in [0.25, 0.3) is 12.2 Å². The van der Waals surface area contributed by atoms with Gasteiger partial charge in [0.15, 0.2) is 5.78 Å². The molecule has 0 aliphatic carbocycles. The molecule has 3 rings (SSSR count). The van der Waals surface area contributed by atoms with Crippen molar-refractivity contribution < 1.29 is 43.2 Å². The van der Waals surface area contributed by atoms with Crippen LogP contribution in [-0.4, -0.2) is 54.2 Å². The molecule has 3 aromatic rings. The minimum Gasteiger partial charge on any atom is -0.490 e. The maximum atomic E-state index is 13.1. The van der Waals surface area contributed by atoms with Gasteiger partial charge in [0, 0.05) is 17.6 Å². The molecule has 290 valence electrons. The van der Waals surface area contributed by atoms with Crippen LogP contribution in [-0.2, 0) is 30.3 Å². The van der Waals surface area contributed by atoms with Gasteiger partial charge in [0.05, 0.1) is 19.4 Å². The quantitative estimate of drug-likeness (QED) is 0.0427. The van der Waals surface area contributed by atoms with Gasteiger partial charge < -0.3 is 24.1 Å². The first-order valence-corrected chi connectivity index (χ1v) is 18.6. The second-order valence-corrected chi connectivity index (χ2v) is 14.5. The Hall–Kier alpha value is -5.02. The zero-order valence-corrected chi connectivity index (χ0v) is 32.9. The summed E-state index contributed by atoms with van der Waals surface area (Å²) in [5, 5.41) is 12.0. The summed E-state index contributed by atoms with van der Waals surface area (Å²) in [6.45, 7) is 21.3. The van der Waals surface area contributed by atoms with Crippen molar-refractivity contribution in [2.75, 3.05) is 19.8 Å². The highest BCUT2D eigenvalue weighted by Gasteiger charge is 2.28. The molecule has 0 aliphatic heterocycles. The smallest absolute Gasteiger partial charge is 0.333 e. The topological polar surface area (TPSA) is 125 Å². The van der Waals surface area contributed by atoms with Crippen LogP contribution in [0.1, 0.15) is 102 Å². The lowest BCUT2D eigenvalue weighted by atomic mass is 9.74. The summed E-state index contributed by atoms with van der Waals surface area (Å²) in [6, 6.07) is 20.1. The molecular formula is C45H56O9. The molecular weight excluding hydrogens is 684 g/mol. The van der Waals surface area contributed by atoms with E-state index in [-0.39, 0.29) is 44.5 Å². The molecule has 3 unspecified atom stereocenters. The maximum absolute atomic E-state index is 13.1. The van der Waals surface area contributed by atoms with Crippen molar-refractivity contribution >= 4 is 35.8 Å². The van der Waals surface area contributed by atoms with E-state index >= 15 is 0 Å². The monoisotopic (exact) mass is 740 g/mol. The van der Waals surface area contributed by atoms with Gasteiger partial charge in [-0.05, 0) is 104 Å². The number of rotatable bonds is 20. The number of hydrogen-bond acceptors (Lipinski definition) is 9. The predicted octanol–water partition coefficient (Wildman–Crippen LogP) is 7.05. The summed E-state index contributed by atoms with van der Waals surface area (Å²) in [5.74, 6) is -0.545. The van der Waals surface area contributed by atoms with Crippen molar-refractivity contribution in [1.82, 2.24) is 0 Å². The highest BCUT2D eigenvalue weighted by molar-refractivity contribution is 6.01. The highest BCUT2D eigenvalue weighted by atomic mass is 16.6. The van der Waals surface area contributed by atoms with Crippen molar-refractivity contribution in [2.24, 2.45) is 11.8 Å². The molecule has 9 heteroatoms. The number of ether oxygens (including phenoxy) is 4. The summed E-state index contributed by atoms with van der Waals surface area (Å²) in [5.41, 5.74) is 2.24. The van der Waals surface area contributed by atoms with Gasteiger partial charge in [-0.25, -0.2) is 4.79 Å². The lowest BCUT2D eigenvalue weighted by Gasteiger charge is -2.31. The van der Waals surface area contributed by atoms with Gasteiger partial charge in [-0.15, -0.1) is 0 Å². The number of benzene rings is 3. The fraction of sp³-hybridized carbons (Fsp3) is 0.422. The Labute approximate surface area is 319 Å². The fourth-order valence-electron chi connectivity index (χ4n) is 6.21. The number of esters is 3. The average molecular weight is 741 g/mol. The molecule has 0 radical (unpaired) electrons. The van der Waals surface area contributed by atoms with Gasteiger partial charge in [0.25, 0.3) is 0 Å². The van der Waals surface area contributed by atoms with E-state index < -0.39 is 29.3 Å². The van der Waals surface area contributed by atoms with Crippen molar-refractivity contribution in [3.05, 3.63) is 106 Å². The van der Waals surface area contributed by atoms with Gasteiger partial charge >= 0.3 is 17.9 Å². The normalized spacial score (nSPS) is 13.6. The van der Waals surface area contributed by atoms with E-state index in [4.69, 9.17) is 18.9 Å². The number of ketones is 1. The molecule has 54 heavy (non-hydrogen) atoms. The van der Waals surface area contributed by atoms with Crippen LogP contribution in [0.2, 0.25) is 0 Å². The first-order valence-electron chi connectivity index (χ1n) is 18.6. The Bertz CT molecular complexity index is 1880. The minimum absolute atomic E-state index is 0.0178. The average Bonchev–Trinajstić information content (AvgIpc) is 3.14. The maximum Gasteiger partial charge on any atom is 0.333 e.